The Morgan fingerprint density at radius 1 is 1.25 bits per heavy atom. The summed E-state index contributed by atoms with van der Waals surface area (Å²) in [7, 11) is 0. The topological polar surface area (TPSA) is 104 Å². The molecule has 0 saturated heterocycles. The van der Waals surface area contributed by atoms with Crippen LogP contribution in [-0.2, 0) is 15.1 Å². The number of likely N-dealkylation sites (N-methyl/N-ethyl adjacent to an activating group) is 2. The molecule has 0 aliphatic heterocycles. The Bertz CT molecular complexity index is 937. The summed E-state index contributed by atoms with van der Waals surface area (Å²) in [5.74, 6) is -1.93. The normalized spacial score (nSPS) is 15.1. The molecule has 9 heteroatoms. The van der Waals surface area contributed by atoms with Gasteiger partial charge in [-0.25, -0.2) is 8.78 Å². The van der Waals surface area contributed by atoms with Gasteiger partial charge in [-0.1, -0.05) is 6.07 Å². The van der Waals surface area contributed by atoms with Gasteiger partial charge in [-0.15, -0.1) is 0 Å². The van der Waals surface area contributed by atoms with Gasteiger partial charge in [-0.2, -0.15) is 5.26 Å². The van der Waals surface area contributed by atoms with E-state index >= 15 is 0 Å². The molecule has 1 aliphatic rings. The van der Waals surface area contributed by atoms with E-state index in [0.717, 1.165) is 12.1 Å². The van der Waals surface area contributed by atoms with E-state index in [1.165, 1.54) is 18.2 Å². The van der Waals surface area contributed by atoms with E-state index in [9.17, 15) is 13.6 Å². The van der Waals surface area contributed by atoms with E-state index in [4.69, 9.17) is 20.8 Å². The number of rotatable bonds is 11. The van der Waals surface area contributed by atoms with Crippen LogP contribution in [0.15, 0.2) is 30.4 Å². The highest BCUT2D eigenvalue weighted by Gasteiger charge is 2.46. The van der Waals surface area contributed by atoms with E-state index in [0.29, 0.717) is 38.0 Å². The minimum absolute atomic E-state index is 0.148. The Labute approximate surface area is 187 Å². The van der Waals surface area contributed by atoms with Crippen molar-refractivity contribution in [3.05, 3.63) is 47.5 Å². The molecule has 1 fully saturated rings. The number of hydrogen-bond donors (Lipinski definition) is 2. The van der Waals surface area contributed by atoms with Crippen LogP contribution in [0.4, 0.5) is 8.78 Å². The Kier molecular flexibility index (Phi) is 8.61. The highest BCUT2D eigenvalue weighted by Crippen LogP contribution is 2.49. The molecule has 0 radical (unpaired) electrons. The lowest BCUT2D eigenvalue weighted by Gasteiger charge is -2.33. The van der Waals surface area contributed by atoms with Gasteiger partial charge in [0.15, 0.2) is 11.6 Å². The number of carbonyl (C=O) groups excluding carboxylic acids is 1. The lowest BCUT2D eigenvalue weighted by atomic mass is 10.1. The van der Waals surface area contributed by atoms with Gasteiger partial charge < -0.3 is 14.5 Å². The quantitative estimate of drug-likeness (QED) is 0.401. The number of halogens is 2. The minimum Gasteiger partial charge on any atom is -0.360 e. The van der Waals surface area contributed by atoms with Crippen molar-refractivity contribution in [2.24, 2.45) is 0 Å². The first-order valence-electron chi connectivity index (χ1n) is 10.6. The van der Waals surface area contributed by atoms with E-state index < -0.39 is 17.2 Å². The lowest BCUT2D eigenvalue weighted by molar-refractivity contribution is -0.139. The molecule has 1 aliphatic carbocycles. The summed E-state index contributed by atoms with van der Waals surface area (Å²) in [6.07, 6.45) is 3.94. The molecule has 32 heavy (non-hydrogen) atoms. The molecule has 2 N–H and O–H groups in total. The summed E-state index contributed by atoms with van der Waals surface area (Å²) in [4.78, 5) is 16.2. The molecule has 172 valence electrons. The fourth-order valence-electron chi connectivity index (χ4n) is 3.54. The third-order valence-corrected chi connectivity index (χ3v) is 5.55. The third-order valence-electron chi connectivity index (χ3n) is 5.55. The maximum Gasteiger partial charge on any atom is 0.248 e. The summed E-state index contributed by atoms with van der Waals surface area (Å²) in [5.41, 5.74) is -0.458. The van der Waals surface area contributed by atoms with Crippen molar-refractivity contribution in [1.82, 2.24) is 9.80 Å². The Hall–Kier alpha value is -3.12. The molecule has 2 rings (SSSR count). The van der Waals surface area contributed by atoms with Crippen molar-refractivity contribution in [2.75, 3.05) is 26.2 Å². The summed E-state index contributed by atoms with van der Waals surface area (Å²) in [6.45, 7) is 6.77. The van der Waals surface area contributed by atoms with Crippen LogP contribution in [0.1, 0.15) is 39.2 Å². The maximum atomic E-state index is 13.6. The standard InChI is InChI=1S/C23H29F2N5O2/c1-4-29(14-16(3)30(5-2)21(28)9-7-18(27)13-26)22(31)15-32-23(10-11-23)17-6-8-19(24)20(25)12-17/h6-9,12,16,27-28H,4-5,10-11,14-15H2,1-3H3/b9-7-,27-18?,28-21?. The van der Waals surface area contributed by atoms with Crippen LogP contribution >= 0.6 is 0 Å². The number of carbonyl (C=O) groups is 1. The zero-order valence-electron chi connectivity index (χ0n) is 18.6. The van der Waals surface area contributed by atoms with E-state index in [-0.39, 0.29) is 30.1 Å². The van der Waals surface area contributed by atoms with Crippen molar-refractivity contribution in [3.8, 4) is 6.07 Å². The Morgan fingerprint density at radius 3 is 2.47 bits per heavy atom. The first-order chi connectivity index (χ1) is 15.2. The van der Waals surface area contributed by atoms with Crippen molar-refractivity contribution < 1.29 is 18.3 Å². The molecule has 1 unspecified atom stereocenters. The summed E-state index contributed by atoms with van der Waals surface area (Å²) >= 11 is 0. The molecular formula is C23H29F2N5O2. The second-order valence-electron chi connectivity index (χ2n) is 7.72. The van der Waals surface area contributed by atoms with Gasteiger partial charge in [-0.05, 0) is 63.5 Å². The summed E-state index contributed by atoms with van der Waals surface area (Å²) < 4.78 is 32.7. The summed E-state index contributed by atoms with van der Waals surface area (Å²) in [5, 5.41) is 24.2. The molecule has 0 spiro atoms. The van der Waals surface area contributed by atoms with Crippen molar-refractivity contribution in [3.63, 3.8) is 0 Å². The van der Waals surface area contributed by atoms with Crippen LogP contribution in [0.5, 0.6) is 0 Å². The van der Waals surface area contributed by atoms with Gasteiger partial charge in [0.05, 0.1) is 5.60 Å². The number of nitrogens with one attached hydrogen (secondary N) is 2. The minimum atomic E-state index is -0.936. The number of nitrogens with zero attached hydrogens (tertiary/aromatic N) is 3. The van der Waals surface area contributed by atoms with E-state index in [1.807, 2.05) is 20.8 Å². The van der Waals surface area contributed by atoms with Crippen LogP contribution in [0.3, 0.4) is 0 Å². The Balaban J connectivity index is 1.97. The van der Waals surface area contributed by atoms with Gasteiger partial charge in [0, 0.05) is 25.7 Å². The first kappa shape index (κ1) is 25.1. The highest BCUT2D eigenvalue weighted by molar-refractivity contribution is 6.08. The van der Waals surface area contributed by atoms with Crippen molar-refractivity contribution >= 4 is 17.5 Å². The first-order valence-corrected chi connectivity index (χ1v) is 10.6. The average molecular weight is 446 g/mol. The lowest BCUT2D eigenvalue weighted by Crippen LogP contribution is -2.47. The zero-order valence-corrected chi connectivity index (χ0v) is 18.6. The monoisotopic (exact) mass is 445 g/mol. The van der Waals surface area contributed by atoms with Gasteiger partial charge >= 0.3 is 0 Å². The van der Waals surface area contributed by atoms with Crippen molar-refractivity contribution in [1.29, 1.82) is 16.1 Å². The van der Waals surface area contributed by atoms with E-state index in [1.54, 1.807) is 15.9 Å². The number of amides is 1. The molecule has 1 aromatic rings. The molecular weight excluding hydrogens is 416 g/mol. The molecule has 0 heterocycles. The summed E-state index contributed by atoms with van der Waals surface area (Å²) in [6, 6.07) is 5.18. The van der Waals surface area contributed by atoms with Crippen LogP contribution < -0.4 is 0 Å². The van der Waals surface area contributed by atoms with Crippen LogP contribution in [0.2, 0.25) is 0 Å². The fraction of sp³-hybridized carbons (Fsp3) is 0.478. The maximum absolute atomic E-state index is 13.6. The molecule has 0 aromatic heterocycles. The molecule has 1 amide bonds. The third kappa shape index (κ3) is 6.20. The van der Waals surface area contributed by atoms with Crippen LogP contribution in [0.25, 0.3) is 0 Å². The zero-order chi connectivity index (χ0) is 23.9. The Morgan fingerprint density at radius 2 is 1.94 bits per heavy atom. The van der Waals surface area contributed by atoms with Crippen LogP contribution in [0, 0.1) is 33.8 Å². The smallest absolute Gasteiger partial charge is 0.248 e. The largest absolute Gasteiger partial charge is 0.360 e. The molecule has 1 atom stereocenters. The van der Waals surface area contributed by atoms with Gasteiger partial charge in [0.1, 0.15) is 24.2 Å². The number of amidine groups is 1. The molecule has 1 saturated carbocycles. The van der Waals surface area contributed by atoms with E-state index in [2.05, 4.69) is 0 Å². The number of nitriles is 1. The number of benzene rings is 1. The fourth-order valence-corrected chi connectivity index (χ4v) is 3.54. The number of hydrogen-bond acceptors (Lipinski definition) is 5. The SMILES string of the molecule is CCN(CC(C)N(CC)C(=N)/C=C\C(=N)C#N)C(=O)COC1(c2ccc(F)c(F)c2)CC1. The van der Waals surface area contributed by atoms with Crippen LogP contribution in [-0.4, -0.2) is 59.5 Å². The second kappa shape index (κ2) is 11.0. The molecule has 1 aromatic carbocycles. The number of ether oxygens (including phenoxy) is 1. The molecule has 0 bridgehead atoms. The average Bonchev–Trinajstić information content (AvgIpc) is 3.57. The predicted octanol–water partition coefficient (Wildman–Crippen LogP) is 3.61. The second-order valence-corrected chi connectivity index (χ2v) is 7.72. The predicted molar refractivity (Wildman–Crippen MR) is 118 cm³/mol. The van der Waals surface area contributed by atoms with Crippen molar-refractivity contribution in [2.45, 2.75) is 45.3 Å². The highest BCUT2D eigenvalue weighted by atomic mass is 19.2. The number of allylic oxidation sites excluding steroid dienone is 1. The van der Waals surface area contributed by atoms with Gasteiger partial charge in [0.25, 0.3) is 0 Å². The molecule has 7 nitrogen and oxygen atoms in total. The van der Waals surface area contributed by atoms with Gasteiger partial charge in [-0.3, -0.25) is 15.6 Å². The van der Waals surface area contributed by atoms with Gasteiger partial charge in [0.2, 0.25) is 5.91 Å².